The van der Waals surface area contributed by atoms with Crippen molar-refractivity contribution in [2.24, 2.45) is 0 Å². The van der Waals surface area contributed by atoms with Crippen LogP contribution in [-0.2, 0) is 5.41 Å². The largest absolute Gasteiger partial charge is 0.310 e. The molecule has 11 rings (SSSR count). The lowest BCUT2D eigenvalue weighted by Gasteiger charge is -2.30. The highest BCUT2D eigenvalue weighted by Crippen LogP contribution is 2.53. The molecule has 0 aliphatic heterocycles. The van der Waals surface area contributed by atoms with Crippen LogP contribution < -0.4 is 4.90 Å². The summed E-state index contributed by atoms with van der Waals surface area (Å²) in [5, 5.41) is 5.02. The summed E-state index contributed by atoms with van der Waals surface area (Å²) in [6.45, 7) is 4.74. The molecule has 0 bridgehead atoms. The fourth-order valence-electron chi connectivity index (χ4n) is 9.19. The van der Waals surface area contributed by atoms with Gasteiger partial charge in [0.1, 0.15) is 0 Å². The smallest absolute Gasteiger partial charge is 0.0547 e. The number of hydrogen-bond acceptors (Lipinski definition) is 2. The Balaban J connectivity index is 1.16. The second-order valence-corrected chi connectivity index (χ2v) is 16.8. The molecule has 0 amide bonds. The average Bonchev–Trinajstić information content (AvgIpc) is 3.76. The number of anilines is 3. The van der Waals surface area contributed by atoms with Gasteiger partial charge in [0.25, 0.3) is 0 Å². The summed E-state index contributed by atoms with van der Waals surface area (Å²) >= 11 is 1.87. The Kier molecular flexibility index (Phi) is 7.77. The van der Waals surface area contributed by atoms with Crippen molar-refractivity contribution in [1.82, 2.24) is 0 Å². The summed E-state index contributed by atoms with van der Waals surface area (Å²) in [5.41, 5.74) is 16.0. The highest BCUT2D eigenvalue weighted by Gasteiger charge is 2.36. The molecule has 0 saturated carbocycles. The van der Waals surface area contributed by atoms with E-state index in [0.29, 0.717) is 0 Å². The molecule has 1 aliphatic carbocycles. The maximum absolute atomic E-state index is 2.51. The number of nitrogens with zero attached hydrogens (tertiary/aromatic N) is 1. The lowest BCUT2D eigenvalue weighted by molar-refractivity contribution is 0.660. The molecule has 1 nitrogen and oxygen atoms in total. The minimum Gasteiger partial charge on any atom is -0.310 e. The first-order valence-electron chi connectivity index (χ1n) is 19.8. The predicted molar refractivity (Wildman–Crippen MR) is 245 cm³/mol. The van der Waals surface area contributed by atoms with Crippen LogP contribution in [0.5, 0.6) is 0 Å². The third-order valence-corrected chi connectivity index (χ3v) is 13.2. The van der Waals surface area contributed by atoms with Gasteiger partial charge in [-0.2, -0.15) is 0 Å². The second-order valence-electron chi connectivity index (χ2n) is 15.7. The van der Waals surface area contributed by atoms with Gasteiger partial charge in [-0.15, -0.1) is 11.3 Å². The van der Waals surface area contributed by atoms with Gasteiger partial charge in [-0.05, 0) is 109 Å². The van der Waals surface area contributed by atoms with Gasteiger partial charge in [-0.1, -0.05) is 166 Å². The van der Waals surface area contributed by atoms with Crippen LogP contribution >= 0.6 is 11.3 Å². The number of benzene rings is 9. The van der Waals surface area contributed by atoms with E-state index in [0.717, 1.165) is 17.1 Å². The monoisotopic (exact) mass is 745 g/mol. The van der Waals surface area contributed by atoms with Crippen LogP contribution in [0.1, 0.15) is 25.0 Å². The molecule has 9 aromatic carbocycles. The molecule has 0 unspecified atom stereocenters. The molecule has 57 heavy (non-hydrogen) atoms. The highest BCUT2D eigenvalue weighted by molar-refractivity contribution is 7.26. The van der Waals surface area contributed by atoms with Crippen LogP contribution in [0.2, 0.25) is 0 Å². The summed E-state index contributed by atoms with van der Waals surface area (Å²) in [6, 6.07) is 74.0. The van der Waals surface area contributed by atoms with Crippen molar-refractivity contribution in [2.75, 3.05) is 4.90 Å². The Morgan fingerprint density at radius 2 is 0.982 bits per heavy atom. The summed E-state index contributed by atoms with van der Waals surface area (Å²) in [6.07, 6.45) is 0. The number of rotatable bonds is 6. The zero-order valence-electron chi connectivity index (χ0n) is 31.9. The van der Waals surface area contributed by atoms with E-state index in [1.54, 1.807) is 0 Å². The van der Waals surface area contributed by atoms with Gasteiger partial charge in [0.05, 0.1) is 5.69 Å². The van der Waals surface area contributed by atoms with Gasteiger partial charge >= 0.3 is 0 Å². The lowest BCUT2D eigenvalue weighted by atomic mass is 9.82. The standard InChI is InChI=1S/C55H39NS/c1-55(2)48-19-11-9-17-45(48)46-30-29-44(35-49(46)55)56(43-28-27-41-33-40(25-26-42(41)34-43)37-15-7-4-8-16-37)50-31-32-52-54(47-18-10-12-20-51(47)57-52)53(50)39-23-21-38(22-24-39)36-13-5-3-6-14-36/h3-35H,1-2H3. The van der Waals surface area contributed by atoms with E-state index in [2.05, 4.69) is 219 Å². The molecule has 1 aliphatic rings. The van der Waals surface area contributed by atoms with E-state index in [-0.39, 0.29) is 5.41 Å². The first-order valence-corrected chi connectivity index (χ1v) is 20.6. The second kappa shape index (κ2) is 13.2. The maximum atomic E-state index is 2.51. The quantitative estimate of drug-likeness (QED) is 0.164. The first kappa shape index (κ1) is 33.6. The van der Waals surface area contributed by atoms with Crippen molar-refractivity contribution in [3.8, 4) is 44.5 Å². The normalized spacial score (nSPS) is 12.9. The number of thiophene rings is 1. The summed E-state index contributed by atoms with van der Waals surface area (Å²) in [7, 11) is 0. The summed E-state index contributed by atoms with van der Waals surface area (Å²) in [5.74, 6) is 0. The van der Waals surface area contributed by atoms with Gasteiger partial charge in [0.2, 0.25) is 0 Å². The molecule has 0 atom stereocenters. The van der Waals surface area contributed by atoms with Gasteiger partial charge in [-0.25, -0.2) is 0 Å². The van der Waals surface area contributed by atoms with Crippen molar-refractivity contribution in [1.29, 1.82) is 0 Å². The molecule has 270 valence electrons. The molecule has 2 heteroatoms. The van der Waals surface area contributed by atoms with E-state index in [4.69, 9.17) is 0 Å². The van der Waals surface area contributed by atoms with E-state index in [1.165, 1.54) is 86.6 Å². The zero-order chi connectivity index (χ0) is 38.1. The first-order chi connectivity index (χ1) is 28.0. The van der Waals surface area contributed by atoms with Crippen LogP contribution in [0, 0.1) is 0 Å². The Morgan fingerprint density at radius 1 is 0.404 bits per heavy atom. The minimum absolute atomic E-state index is 0.131. The van der Waals surface area contributed by atoms with Crippen molar-refractivity contribution in [2.45, 2.75) is 19.3 Å². The topological polar surface area (TPSA) is 3.24 Å². The van der Waals surface area contributed by atoms with E-state index in [9.17, 15) is 0 Å². The summed E-state index contributed by atoms with van der Waals surface area (Å²) < 4.78 is 2.59. The molecule has 0 spiro atoms. The maximum Gasteiger partial charge on any atom is 0.0547 e. The molecule has 0 fully saturated rings. The van der Waals surface area contributed by atoms with Crippen LogP contribution in [0.15, 0.2) is 200 Å². The Bertz CT molecular complexity index is 3140. The summed E-state index contributed by atoms with van der Waals surface area (Å²) in [4.78, 5) is 2.51. The van der Waals surface area contributed by atoms with Crippen LogP contribution in [0.25, 0.3) is 75.5 Å². The van der Waals surface area contributed by atoms with Crippen molar-refractivity contribution >= 4 is 59.3 Å². The third-order valence-electron chi connectivity index (χ3n) is 12.1. The SMILES string of the molecule is CC1(C)c2ccccc2-c2ccc(N(c3ccc4cc(-c5ccccc5)ccc4c3)c3ccc4sc5ccccc5c4c3-c3ccc(-c4ccccc4)cc3)cc21. The van der Waals surface area contributed by atoms with Crippen LogP contribution in [0.3, 0.4) is 0 Å². The van der Waals surface area contributed by atoms with Gasteiger partial charge < -0.3 is 4.90 Å². The highest BCUT2D eigenvalue weighted by atomic mass is 32.1. The molecular weight excluding hydrogens is 707 g/mol. The molecular formula is C55H39NS. The number of fused-ring (bicyclic) bond motifs is 7. The van der Waals surface area contributed by atoms with Crippen molar-refractivity contribution in [3.05, 3.63) is 211 Å². The molecule has 1 aromatic heterocycles. The van der Waals surface area contributed by atoms with E-state index >= 15 is 0 Å². The van der Waals surface area contributed by atoms with Gasteiger partial charge in [0, 0.05) is 42.5 Å². The fraction of sp³-hybridized carbons (Fsp3) is 0.0545. The molecule has 0 saturated heterocycles. The van der Waals surface area contributed by atoms with Crippen LogP contribution in [0.4, 0.5) is 17.1 Å². The molecule has 0 radical (unpaired) electrons. The zero-order valence-corrected chi connectivity index (χ0v) is 32.7. The third kappa shape index (κ3) is 5.51. The Hall–Kier alpha value is -6.74. The van der Waals surface area contributed by atoms with Gasteiger partial charge in [-0.3, -0.25) is 0 Å². The van der Waals surface area contributed by atoms with E-state index in [1.807, 2.05) is 11.3 Å². The van der Waals surface area contributed by atoms with Crippen molar-refractivity contribution in [3.63, 3.8) is 0 Å². The predicted octanol–water partition coefficient (Wildman–Crippen LogP) is 16.0. The van der Waals surface area contributed by atoms with E-state index < -0.39 is 0 Å². The minimum atomic E-state index is -0.131. The van der Waals surface area contributed by atoms with Crippen molar-refractivity contribution < 1.29 is 0 Å². The molecule has 0 N–H and O–H groups in total. The van der Waals surface area contributed by atoms with Crippen LogP contribution in [-0.4, -0.2) is 0 Å². The lowest BCUT2D eigenvalue weighted by Crippen LogP contribution is -2.17. The number of hydrogen-bond donors (Lipinski definition) is 0. The average molecular weight is 746 g/mol. The molecule has 10 aromatic rings. The molecule has 1 heterocycles. The fourth-order valence-corrected chi connectivity index (χ4v) is 10.3. The van der Waals surface area contributed by atoms with Gasteiger partial charge in [0.15, 0.2) is 0 Å². The Morgan fingerprint density at radius 3 is 1.79 bits per heavy atom. The Labute approximate surface area is 337 Å².